The lowest BCUT2D eigenvalue weighted by atomic mass is 10.1. The standard InChI is InChI=1S/C15H23NO2/c1-5-9-16-15(17)13(6-2)18-14-10-11(3)7-8-12(14)4/h7-8,10,13H,5-6,9H2,1-4H3,(H,16,17)/t13-/m1/s1. The van der Waals surface area contributed by atoms with Crippen LogP contribution in [0.4, 0.5) is 0 Å². The van der Waals surface area contributed by atoms with Crippen molar-refractivity contribution in [1.82, 2.24) is 5.32 Å². The van der Waals surface area contributed by atoms with Crippen LogP contribution in [-0.2, 0) is 4.79 Å². The molecule has 0 aromatic heterocycles. The van der Waals surface area contributed by atoms with Crippen LogP contribution in [0.2, 0.25) is 0 Å². The van der Waals surface area contributed by atoms with Gasteiger partial charge in [-0.1, -0.05) is 26.0 Å². The number of hydrogen-bond donors (Lipinski definition) is 1. The number of hydrogen-bond acceptors (Lipinski definition) is 2. The summed E-state index contributed by atoms with van der Waals surface area (Å²) < 4.78 is 5.82. The fourth-order valence-electron chi connectivity index (χ4n) is 1.67. The molecule has 0 aliphatic heterocycles. The second kappa shape index (κ2) is 7.04. The third-order valence-electron chi connectivity index (χ3n) is 2.83. The summed E-state index contributed by atoms with van der Waals surface area (Å²) >= 11 is 0. The number of aryl methyl sites for hydroxylation is 2. The lowest BCUT2D eigenvalue weighted by molar-refractivity contribution is -0.128. The quantitative estimate of drug-likeness (QED) is 0.841. The molecule has 0 aliphatic carbocycles. The summed E-state index contributed by atoms with van der Waals surface area (Å²) in [6.07, 6.45) is 1.20. The molecule has 0 bridgehead atoms. The third-order valence-corrected chi connectivity index (χ3v) is 2.83. The number of ether oxygens (including phenoxy) is 1. The maximum absolute atomic E-state index is 11.9. The molecule has 1 rings (SSSR count). The molecular formula is C15H23NO2. The van der Waals surface area contributed by atoms with E-state index < -0.39 is 6.10 Å². The van der Waals surface area contributed by atoms with Crippen molar-refractivity contribution in [2.24, 2.45) is 0 Å². The van der Waals surface area contributed by atoms with E-state index in [0.717, 1.165) is 23.3 Å². The molecule has 0 aliphatic rings. The largest absolute Gasteiger partial charge is 0.480 e. The summed E-state index contributed by atoms with van der Waals surface area (Å²) in [5.41, 5.74) is 2.20. The van der Waals surface area contributed by atoms with E-state index in [1.807, 2.05) is 45.9 Å². The van der Waals surface area contributed by atoms with Gasteiger partial charge in [-0.3, -0.25) is 4.79 Å². The van der Waals surface area contributed by atoms with Crippen molar-refractivity contribution in [2.75, 3.05) is 6.54 Å². The summed E-state index contributed by atoms with van der Waals surface area (Å²) in [5, 5.41) is 2.87. The van der Waals surface area contributed by atoms with Gasteiger partial charge in [-0.25, -0.2) is 0 Å². The first-order valence-corrected chi connectivity index (χ1v) is 6.60. The summed E-state index contributed by atoms with van der Waals surface area (Å²) in [6, 6.07) is 6.03. The van der Waals surface area contributed by atoms with Crippen LogP contribution < -0.4 is 10.1 Å². The van der Waals surface area contributed by atoms with Crippen LogP contribution in [0.25, 0.3) is 0 Å². The maximum Gasteiger partial charge on any atom is 0.261 e. The van der Waals surface area contributed by atoms with Gasteiger partial charge in [0.1, 0.15) is 5.75 Å². The molecule has 0 saturated carbocycles. The Morgan fingerprint density at radius 1 is 1.33 bits per heavy atom. The second-order valence-corrected chi connectivity index (χ2v) is 4.57. The minimum atomic E-state index is -0.406. The number of benzene rings is 1. The smallest absolute Gasteiger partial charge is 0.261 e. The van der Waals surface area contributed by atoms with Crippen LogP contribution in [0.3, 0.4) is 0 Å². The molecule has 3 heteroatoms. The highest BCUT2D eigenvalue weighted by Crippen LogP contribution is 2.21. The van der Waals surface area contributed by atoms with Crippen molar-refractivity contribution in [3.63, 3.8) is 0 Å². The molecule has 1 aromatic rings. The normalized spacial score (nSPS) is 12.0. The fraction of sp³-hybridized carbons (Fsp3) is 0.533. The maximum atomic E-state index is 11.9. The summed E-state index contributed by atoms with van der Waals surface area (Å²) in [6.45, 7) is 8.70. The molecule has 0 radical (unpaired) electrons. The minimum Gasteiger partial charge on any atom is -0.480 e. The molecule has 0 fully saturated rings. The fourth-order valence-corrected chi connectivity index (χ4v) is 1.67. The van der Waals surface area contributed by atoms with Gasteiger partial charge in [0.05, 0.1) is 0 Å². The van der Waals surface area contributed by atoms with Gasteiger partial charge in [-0.15, -0.1) is 0 Å². The molecule has 1 amide bonds. The zero-order chi connectivity index (χ0) is 13.5. The van der Waals surface area contributed by atoms with E-state index in [0.29, 0.717) is 13.0 Å². The van der Waals surface area contributed by atoms with Gasteiger partial charge in [-0.05, 0) is 43.9 Å². The molecule has 0 heterocycles. The molecule has 1 atom stereocenters. The highest BCUT2D eigenvalue weighted by molar-refractivity contribution is 5.81. The molecule has 100 valence electrons. The zero-order valence-corrected chi connectivity index (χ0v) is 11.7. The number of nitrogens with one attached hydrogen (secondary N) is 1. The highest BCUT2D eigenvalue weighted by atomic mass is 16.5. The Balaban J connectivity index is 2.73. The van der Waals surface area contributed by atoms with E-state index in [1.165, 1.54) is 0 Å². The van der Waals surface area contributed by atoms with Gasteiger partial charge in [0.2, 0.25) is 0 Å². The Labute approximate surface area is 110 Å². The van der Waals surface area contributed by atoms with Crippen LogP contribution in [-0.4, -0.2) is 18.6 Å². The number of carbonyl (C=O) groups is 1. The van der Waals surface area contributed by atoms with Crippen molar-refractivity contribution < 1.29 is 9.53 Å². The Morgan fingerprint density at radius 2 is 2.06 bits per heavy atom. The van der Waals surface area contributed by atoms with E-state index in [1.54, 1.807) is 0 Å². The Kier molecular flexibility index (Phi) is 5.69. The Hall–Kier alpha value is -1.51. The van der Waals surface area contributed by atoms with Crippen molar-refractivity contribution >= 4 is 5.91 Å². The number of rotatable bonds is 6. The molecule has 0 spiro atoms. The summed E-state index contributed by atoms with van der Waals surface area (Å²) in [5.74, 6) is 0.772. The summed E-state index contributed by atoms with van der Waals surface area (Å²) in [7, 11) is 0. The van der Waals surface area contributed by atoms with Crippen LogP contribution in [0.15, 0.2) is 18.2 Å². The Morgan fingerprint density at radius 3 is 2.67 bits per heavy atom. The van der Waals surface area contributed by atoms with Crippen LogP contribution in [0, 0.1) is 13.8 Å². The average Bonchev–Trinajstić information content (AvgIpc) is 2.36. The predicted molar refractivity (Wildman–Crippen MR) is 73.9 cm³/mol. The van der Waals surface area contributed by atoms with Crippen LogP contribution >= 0.6 is 0 Å². The second-order valence-electron chi connectivity index (χ2n) is 4.57. The lowest BCUT2D eigenvalue weighted by Gasteiger charge is -2.18. The highest BCUT2D eigenvalue weighted by Gasteiger charge is 2.18. The molecule has 3 nitrogen and oxygen atoms in total. The zero-order valence-electron chi connectivity index (χ0n) is 11.7. The van der Waals surface area contributed by atoms with Crippen molar-refractivity contribution in [2.45, 2.75) is 46.6 Å². The van der Waals surface area contributed by atoms with E-state index in [9.17, 15) is 4.79 Å². The topological polar surface area (TPSA) is 38.3 Å². The first-order valence-electron chi connectivity index (χ1n) is 6.60. The van der Waals surface area contributed by atoms with Gasteiger partial charge in [0, 0.05) is 6.54 Å². The summed E-state index contributed by atoms with van der Waals surface area (Å²) in [4.78, 5) is 11.9. The van der Waals surface area contributed by atoms with Gasteiger partial charge in [0.15, 0.2) is 6.10 Å². The van der Waals surface area contributed by atoms with E-state index in [4.69, 9.17) is 4.74 Å². The molecule has 1 N–H and O–H groups in total. The van der Waals surface area contributed by atoms with E-state index in [2.05, 4.69) is 5.32 Å². The SMILES string of the molecule is CCCNC(=O)[C@@H](CC)Oc1cc(C)ccc1C. The van der Waals surface area contributed by atoms with Crippen LogP contribution in [0.1, 0.15) is 37.8 Å². The average molecular weight is 249 g/mol. The molecular weight excluding hydrogens is 226 g/mol. The lowest BCUT2D eigenvalue weighted by Crippen LogP contribution is -2.38. The molecule has 1 aromatic carbocycles. The number of carbonyl (C=O) groups excluding carboxylic acids is 1. The van der Waals surface area contributed by atoms with Gasteiger partial charge >= 0.3 is 0 Å². The van der Waals surface area contributed by atoms with Crippen molar-refractivity contribution in [3.8, 4) is 5.75 Å². The van der Waals surface area contributed by atoms with Gasteiger partial charge < -0.3 is 10.1 Å². The monoisotopic (exact) mass is 249 g/mol. The van der Waals surface area contributed by atoms with Gasteiger partial charge in [0.25, 0.3) is 5.91 Å². The minimum absolute atomic E-state index is 0.0275. The Bertz CT molecular complexity index is 401. The first-order chi connectivity index (χ1) is 8.58. The molecule has 18 heavy (non-hydrogen) atoms. The predicted octanol–water partition coefficient (Wildman–Crippen LogP) is 2.99. The molecule has 0 saturated heterocycles. The van der Waals surface area contributed by atoms with Crippen molar-refractivity contribution in [1.29, 1.82) is 0 Å². The number of amides is 1. The first kappa shape index (κ1) is 14.6. The third kappa shape index (κ3) is 4.06. The van der Waals surface area contributed by atoms with E-state index >= 15 is 0 Å². The van der Waals surface area contributed by atoms with Crippen LogP contribution in [0.5, 0.6) is 5.75 Å². The van der Waals surface area contributed by atoms with Gasteiger partial charge in [-0.2, -0.15) is 0 Å². The molecule has 0 unspecified atom stereocenters. The van der Waals surface area contributed by atoms with Crippen molar-refractivity contribution in [3.05, 3.63) is 29.3 Å². The van der Waals surface area contributed by atoms with E-state index in [-0.39, 0.29) is 5.91 Å².